The lowest BCUT2D eigenvalue weighted by molar-refractivity contribution is 0.308. The fourth-order valence-corrected chi connectivity index (χ4v) is 2.99. The first-order valence-corrected chi connectivity index (χ1v) is 6.26. The Morgan fingerprint density at radius 2 is 2.28 bits per heavy atom. The smallest absolute Gasteiger partial charge is 0.134 e. The van der Waals surface area contributed by atoms with Crippen molar-refractivity contribution in [3.63, 3.8) is 0 Å². The lowest BCUT2D eigenvalue weighted by Gasteiger charge is -2.20. The Bertz CT molecular complexity index is 566. The van der Waals surface area contributed by atoms with Crippen LogP contribution in [0.4, 0.5) is 4.39 Å². The fraction of sp³-hybridized carbons (Fsp3) is 0.429. The van der Waals surface area contributed by atoms with Gasteiger partial charge >= 0.3 is 0 Å². The molecule has 2 aromatic rings. The largest absolute Gasteiger partial charge is 0.464 e. The molecule has 1 aromatic heterocycles. The van der Waals surface area contributed by atoms with Crippen molar-refractivity contribution in [3.8, 4) is 0 Å². The number of likely N-dealkylation sites (tertiary alicyclic amines) is 1. The average molecular weight is 248 g/mol. The second kappa shape index (κ2) is 4.37. The minimum absolute atomic E-state index is 0.0971. The van der Waals surface area contributed by atoms with Crippen LogP contribution in [0.1, 0.15) is 18.0 Å². The quantitative estimate of drug-likeness (QED) is 0.888. The number of nitrogens with zero attached hydrogens (tertiary/aromatic N) is 1. The SMILES string of the molecule is CN1CC(CN)CC1c1c(F)ccc2occc12. The van der Waals surface area contributed by atoms with Crippen molar-refractivity contribution in [2.45, 2.75) is 12.5 Å². The molecule has 2 heterocycles. The van der Waals surface area contributed by atoms with E-state index in [4.69, 9.17) is 10.2 Å². The molecule has 0 saturated carbocycles. The highest BCUT2D eigenvalue weighted by Gasteiger charge is 2.32. The maximum atomic E-state index is 14.2. The van der Waals surface area contributed by atoms with E-state index >= 15 is 0 Å². The van der Waals surface area contributed by atoms with Gasteiger partial charge in [-0.2, -0.15) is 0 Å². The molecule has 1 fully saturated rings. The van der Waals surface area contributed by atoms with E-state index in [0.717, 1.165) is 29.5 Å². The molecule has 18 heavy (non-hydrogen) atoms. The molecule has 4 heteroatoms. The zero-order chi connectivity index (χ0) is 12.7. The summed E-state index contributed by atoms with van der Waals surface area (Å²) in [5, 5.41) is 0.879. The van der Waals surface area contributed by atoms with Gasteiger partial charge in [-0.15, -0.1) is 0 Å². The van der Waals surface area contributed by atoms with Crippen LogP contribution in [-0.2, 0) is 0 Å². The van der Waals surface area contributed by atoms with Gasteiger partial charge in [0.1, 0.15) is 11.4 Å². The molecule has 3 nitrogen and oxygen atoms in total. The lowest BCUT2D eigenvalue weighted by Crippen LogP contribution is -2.21. The van der Waals surface area contributed by atoms with Crippen LogP contribution in [0, 0.1) is 11.7 Å². The molecule has 1 saturated heterocycles. The molecule has 0 amide bonds. The van der Waals surface area contributed by atoms with Crippen LogP contribution >= 0.6 is 0 Å². The summed E-state index contributed by atoms with van der Waals surface area (Å²) in [5.41, 5.74) is 7.22. The van der Waals surface area contributed by atoms with E-state index < -0.39 is 0 Å². The zero-order valence-electron chi connectivity index (χ0n) is 10.4. The Morgan fingerprint density at radius 3 is 3.00 bits per heavy atom. The van der Waals surface area contributed by atoms with Crippen molar-refractivity contribution in [1.29, 1.82) is 0 Å². The van der Waals surface area contributed by atoms with E-state index in [1.807, 2.05) is 13.1 Å². The third kappa shape index (κ3) is 1.72. The zero-order valence-corrected chi connectivity index (χ0v) is 10.4. The fourth-order valence-electron chi connectivity index (χ4n) is 2.99. The van der Waals surface area contributed by atoms with Gasteiger partial charge in [-0.25, -0.2) is 4.39 Å². The first kappa shape index (κ1) is 11.7. The molecule has 2 N–H and O–H groups in total. The molecule has 3 rings (SSSR count). The second-order valence-corrected chi connectivity index (χ2v) is 5.09. The Hall–Kier alpha value is -1.39. The second-order valence-electron chi connectivity index (χ2n) is 5.09. The van der Waals surface area contributed by atoms with Crippen LogP contribution in [0.3, 0.4) is 0 Å². The summed E-state index contributed by atoms with van der Waals surface area (Å²) in [7, 11) is 2.03. The summed E-state index contributed by atoms with van der Waals surface area (Å²) < 4.78 is 19.5. The van der Waals surface area contributed by atoms with Crippen LogP contribution < -0.4 is 5.73 Å². The van der Waals surface area contributed by atoms with Crippen molar-refractivity contribution < 1.29 is 8.81 Å². The van der Waals surface area contributed by atoms with Crippen LogP contribution in [0.25, 0.3) is 11.0 Å². The van der Waals surface area contributed by atoms with Crippen molar-refractivity contribution >= 4 is 11.0 Å². The van der Waals surface area contributed by atoms with Gasteiger partial charge in [0.15, 0.2) is 0 Å². The monoisotopic (exact) mass is 248 g/mol. The summed E-state index contributed by atoms with van der Waals surface area (Å²) in [5.74, 6) is 0.292. The highest BCUT2D eigenvalue weighted by molar-refractivity contribution is 5.81. The molecule has 0 spiro atoms. The molecule has 96 valence electrons. The highest BCUT2D eigenvalue weighted by Crippen LogP contribution is 2.38. The number of fused-ring (bicyclic) bond motifs is 1. The Kier molecular flexibility index (Phi) is 2.84. The number of nitrogens with two attached hydrogens (primary N) is 1. The first-order chi connectivity index (χ1) is 8.70. The average Bonchev–Trinajstić information content (AvgIpc) is 2.96. The van der Waals surface area contributed by atoms with Crippen LogP contribution in [-0.4, -0.2) is 25.0 Å². The Morgan fingerprint density at radius 1 is 1.44 bits per heavy atom. The summed E-state index contributed by atoms with van der Waals surface area (Å²) in [6.45, 7) is 1.58. The van der Waals surface area contributed by atoms with Gasteiger partial charge in [-0.1, -0.05) is 0 Å². The molecule has 1 aliphatic rings. The van der Waals surface area contributed by atoms with E-state index in [2.05, 4.69) is 4.90 Å². The number of hydrogen-bond donors (Lipinski definition) is 1. The lowest BCUT2D eigenvalue weighted by atomic mass is 9.97. The third-order valence-electron chi connectivity index (χ3n) is 3.93. The minimum Gasteiger partial charge on any atom is -0.464 e. The molecule has 0 radical (unpaired) electrons. The Balaban J connectivity index is 2.08. The van der Waals surface area contributed by atoms with Gasteiger partial charge in [-0.05, 0) is 44.1 Å². The number of hydrogen-bond acceptors (Lipinski definition) is 3. The molecular weight excluding hydrogens is 231 g/mol. The van der Waals surface area contributed by atoms with Crippen LogP contribution in [0.2, 0.25) is 0 Å². The summed E-state index contributed by atoms with van der Waals surface area (Å²) >= 11 is 0. The molecule has 0 aliphatic carbocycles. The predicted octanol–water partition coefficient (Wildman–Crippen LogP) is 2.52. The van der Waals surface area contributed by atoms with Gasteiger partial charge in [0.25, 0.3) is 0 Å². The first-order valence-electron chi connectivity index (χ1n) is 6.26. The standard InChI is InChI=1S/C14H17FN2O/c1-17-8-9(7-16)6-12(17)14-10-4-5-18-13(10)3-2-11(14)15/h2-5,9,12H,6-8,16H2,1H3. The molecule has 0 bridgehead atoms. The van der Waals surface area contributed by atoms with Crippen molar-refractivity contribution in [2.75, 3.05) is 20.1 Å². The van der Waals surface area contributed by atoms with E-state index in [0.29, 0.717) is 12.5 Å². The van der Waals surface area contributed by atoms with Crippen LogP contribution in [0.15, 0.2) is 28.9 Å². The number of benzene rings is 1. The molecule has 2 atom stereocenters. The van der Waals surface area contributed by atoms with Crippen molar-refractivity contribution in [2.24, 2.45) is 11.7 Å². The maximum Gasteiger partial charge on any atom is 0.134 e. The number of rotatable bonds is 2. The van der Waals surface area contributed by atoms with Crippen molar-refractivity contribution in [1.82, 2.24) is 4.90 Å². The highest BCUT2D eigenvalue weighted by atomic mass is 19.1. The maximum absolute atomic E-state index is 14.2. The Labute approximate surface area is 105 Å². The van der Waals surface area contributed by atoms with E-state index in [1.165, 1.54) is 6.07 Å². The summed E-state index contributed by atoms with van der Waals surface area (Å²) in [6, 6.07) is 5.12. The molecule has 1 aliphatic heterocycles. The minimum atomic E-state index is -0.154. The van der Waals surface area contributed by atoms with Crippen molar-refractivity contribution in [3.05, 3.63) is 35.8 Å². The van der Waals surface area contributed by atoms with Gasteiger partial charge < -0.3 is 10.2 Å². The van der Waals surface area contributed by atoms with E-state index in [9.17, 15) is 4.39 Å². The van der Waals surface area contributed by atoms with Crippen LogP contribution in [0.5, 0.6) is 0 Å². The number of halogens is 1. The van der Waals surface area contributed by atoms with Gasteiger partial charge in [-0.3, -0.25) is 4.90 Å². The van der Waals surface area contributed by atoms with E-state index in [-0.39, 0.29) is 11.9 Å². The normalized spacial score (nSPS) is 25.1. The number of furan rings is 1. The topological polar surface area (TPSA) is 42.4 Å². The van der Waals surface area contributed by atoms with E-state index in [1.54, 1.807) is 12.3 Å². The molecular formula is C14H17FN2O. The van der Waals surface area contributed by atoms with Gasteiger partial charge in [0, 0.05) is 23.5 Å². The molecule has 1 aromatic carbocycles. The van der Waals surface area contributed by atoms with Gasteiger partial charge in [0.2, 0.25) is 0 Å². The molecule has 2 unspecified atom stereocenters. The summed E-state index contributed by atoms with van der Waals surface area (Å²) in [4.78, 5) is 2.18. The third-order valence-corrected chi connectivity index (χ3v) is 3.93. The summed E-state index contributed by atoms with van der Waals surface area (Å²) in [6.07, 6.45) is 2.52. The van der Waals surface area contributed by atoms with Gasteiger partial charge in [0.05, 0.1) is 6.26 Å². The predicted molar refractivity (Wildman–Crippen MR) is 68.7 cm³/mol.